The van der Waals surface area contributed by atoms with E-state index in [0.717, 1.165) is 49.0 Å². The number of aromatic nitrogens is 3. The van der Waals surface area contributed by atoms with E-state index in [4.69, 9.17) is 11.6 Å². The lowest BCUT2D eigenvalue weighted by Gasteiger charge is -2.35. The van der Waals surface area contributed by atoms with E-state index in [2.05, 4.69) is 27.6 Å². The predicted octanol–water partition coefficient (Wildman–Crippen LogP) is 3.70. The molecule has 8 nitrogen and oxygen atoms in total. The van der Waals surface area contributed by atoms with Gasteiger partial charge < -0.3 is 15.7 Å². The molecule has 0 bridgehead atoms. The van der Waals surface area contributed by atoms with Gasteiger partial charge >= 0.3 is 6.09 Å². The van der Waals surface area contributed by atoms with Gasteiger partial charge in [0.2, 0.25) is 0 Å². The van der Waals surface area contributed by atoms with Gasteiger partial charge in [0.15, 0.2) is 0 Å². The zero-order valence-electron chi connectivity index (χ0n) is 16.2. The standard InChI is InChI=1S/C20H24ClN5O3/c1-12-7-16-14(9-23-26(16)11-12)13-8-17(22-10-15(13)21)24-18(27)20(25-19(28)29)5-3-2-4-6-20/h8-10,12,25H,2-7,11H2,1H3,(H,28,29)(H,22,24,27). The molecule has 9 heteroatoms. The summed E-state index contributed by atoms with van der Waals surface area (Å²) in [4.78, 5) is 28.5. The summed E-state index contributed by atoms with van der Waals surface area (Å²) in [5.41, 5.74) is 1.70. The summed E-state index contributed by atoms with van der Waals surface area (Å²) in [5.74, 6) is 0.484. The van der Waals surface area contributed by atoms with Crippen LogP contribution in [0.5, 0.6) is 0 Å². The number of hydrogen-bond donors (Lipinski definition) is 3. The number of carbonyl (C=O) groups excluding carboxylic acids is 1. The molecule has 0 saturated heterocycles. The second-order valence-corrected chi connectivity index (χ2v) is 8.48. The van der Waals surface area contributed by atoms with Crippen molar-refractivity contribution in [2.24, 2.45) is 5.92 Å². The molecule has 3 N–H and O–H groups in total. The Balaban J connectivity index is 1.61. The van der Waals surface area contributed by atoms with Crippen LogP contribution in [0.1, 0.15) is 44.7 Å². The molecule has 1 fully saturated rings. The first kappa shape index (κ1) is 19.7. The molecule has 0 spiro atoms. The maximum atomic E-state index is 13.0. The quantitative estimate of drug-likeness (QED) is 0.702. The molecule has 3 heterocycles. The fraction of sp³-hybridized carbons (Fsp3) is 0.500. The number of nitrogens with one attached hydrogen (secondary N) is 2. The minimum Gasteiger partial charge on any atom is -0.465 e. The third-order valence-corrected chi connectivity index (χ3v) is 6.15. The molecule has 0 radical (unpaired) electrons. The first-order valence-corrected chi connectivity index (χ1v) is 10.3. The number of rotatable bonds is 4. The van der Waals surface area contributed by atoms with Crippen LogP contribution in [0.2, 0.25) is 5.02 Å². The van der Waals surface area contributed by atoms with Crippen LogP contribution in [0.4, 0.5) is 10.6 Å². The minimum atomic E-state index is -1.20. The van der Waals surface area contributed by atoms with Crippen molar-refractivity contribution in [2.75, 3.05) is 5.32 Å². The molecule has 1 aliphatic heterocycles. The highest BCUT2D eigenvalue weighted by molar-refractivity contribution is 6.33. The van der Waals surface area contributed by atoms with Gasteiger partial charge in [-0.15, -0.1) is 0 Å². The Kier molecular flexibility index (Phi) is 5.21. The van der Waals surface area contributed by atoms with Gasteiger partial charge in [0.05, 0.1) is 11.2 Å². The predicted molar refractivity (Wildman–Crippen MR) is 109 cm³/mol. The fourth-order valence-electron chi connectivity index (χ4n) is 4.42. The van der Waals surface area contributed by atoms with E-state index in [9.17, 15) is 14.7 Å². The van der Waals surface area contributed by atoms with Crippen LogP contribution in [0.3, 0.4) is 0 Å². The molecular formula is C20H24ClN5O3. The van der Waals surface area contributed by atoms with Crippen molar-refractivity contribution in [3.8, 4) is 11.1 Å². The van der Waals surface area contributed by atoms with E-state index in [1.807, 2.05) is 4.68 Å². The lowest BCUT2D eigenvalue weighted by Crippen LogP contribution is -2.57. The maximum Gasteiger partial charge on any atom is 0.405 e. The molecule has 1 aliphatic carbocycles. The molecule has 29 heavy (non-hydrogen) atoms. The number of pyridine rings is 1. The number of carboxylic acid groups (broad SMARTS) is 1. The third-order valence-electron chi connectivity index (χ3n) is 5.85. The van der Waals surface area contributed by atoms with Crippen LogP contribution in [0.25, 0.3) is 11.1 Å². The molecule has 1 atom stereocenters. The van der Waals surface area contributed by atoms with Crippen LogP contribution in [-0.4, -0.2) is 37.4 Å². The summed E-state index contributed by atoms with van der Waals surface area (Å²) >= 11 is 6.40. The highest BCUT2D eigenvalue weighted by atomic mass is 35.5. The van der Waals surface area contributed by atoms with Gasteiger partial charge in [0, 0.05) is 29.6 Å². The van der Waals surface area contributed by atoms with Crippen LogP contribution in [0.15, 0.2) is 18.5 Å². The second-order valence-electron chi connectivity index (χ2n) is 8.07. The number of nitrogens with zero attached hydrogens (tertiary/aromatic N) is 3. The van der Waals surface area contributed by atoms with Crippen molar-refractivity contribution in [3.05, 3.63) is 29.2 Å². The van der Waals surface area contributed by atoms with E-state index in [0.29, 0.717) is 29.6 Å². The lowest BCUT2D eigenvalue weighted by atomic mass is 9.81. The topological polar surface area (TPSA) is 109 Å². The number of anilines is 1. The normalized spacial score (nSPS) is 20.1. The largest absolute Gasteiger partial charge is 0.465 e. The highest BCUT2D eigenvalue weighted by Gasteiger charge is 2.41. The van der Waals surface area contributed by atoms with Crippen molar-refractivity contribution in [1.82, 2.24) is 20.1 Å². The number of hydrogen-bond acceptors (Lipinski definition) is 4. The van der Waals surface area contributed by atoms with Gasteiger partial charge in [-0.25, -0.2) is 9.78 Å². The lowest BCUT2D eigenvalue weighted by molar-refractivity contribution is -0.123. The number of fused-ring (bicyclic) bond motifs is 1. The molecule has 2 aliphatic rings. The van der Waals surface area contributed by atoms with Crippen LogP contribution in [-0.2, 0) is 17.8 Å². The Bertz CT molecular complexity index is 952. The zero-order valence-corrected chi connectivity index (χ0v) is 17.0. The van der Waals surface area contributed by atoms with Gasteiger partial charge in [-0.2, -0.15) is 5.10 Å². The Morgan fingerprint density at radius 3 is 2.72 bits per heavy atom. The summed E-state index contributed by atoms with van der Waals surface area (Å²) < 4.78 is 1.99. The Morgan fingerprint density at radius 1 is 1.24 bits per heavy atom. The van der Waals surface area contributed by atoms with Crippen molar-refractivity contribution >= 4 is 29.4 Å². The van der Waals surface area contributed by atoms with E-state index >= 15 is 0 Å². The average Bonchev–Trinajstić information content (AvgIpc) is 3.22. The first-order chi connectivity index (χ1) is 13.9. The van der Waals surface area contributed by atoms with Gasteiger partial charge in [-0.3, -0.25) is 9.48 Å². The summed E-state index contributed by atoms with van der Waals surface area (Å²) in [6.07, 6.45) is 6.56. The Hall–Kier alpha value is -2.61. The number of carbonyl (C=O) groups is 2. The summed E-state index contributed by atoms with van der Waals surface area (Å²) in [6.45, 7) is 3.06. The monoisotopic (exact) mass is 417 g/mol. The van der Waals surface area contributed by atoms with E-state index in [-0.39, 0.29) is 5.91 Å². The Labute approximate surface area is 173 Å². The molecule has 2 aromatic heterocycles. The second kappa shape index (κ2) is 7.67. The smallest absolute Gasteiger partial charge is 0.405 e. The maximum absolute atomic E-state index is 13.0. The van der Waals surface area contributed by atoms with Crippen molar-refractivity contribution in [3.63, 3.8) is 0 Å². The van der Waals surface area contributed by atoms with Gasteiger partial charge in [-0.05, 0) is 31.2 Å². The highest BCUT2D eigenvalue weighted by Crippen LogP contribution is 2.36. The van der Waals surface area contributed by atoms with Gasteiger partial charge in [0.25, 0.3) is 5.91 Å². The van der Waals surface area contributed by atoms with Crippen molar-refractivity contribution < 1.29 is 14.7 Å². The summed E-state index contributed by atoms with van der Waals surface area (Å²) in [7, 11) is 0. The molecule has 2 amide bonds. The van der Waals surface area contributed by atoms with Gasteiger partial charge in [0.1, 0.15) is 11.4 Å². The number of amides is 2. The van der Waals surface area contributed by atoms with E-state index in [1.165, 1.54) is 6.20 Å². The minimum absolute atomic E-state index is 0.345. The molecule has 1 unspecified atom stereocenters. The van der Waals surface area contributed by atoms with E-state index < -0.39 is 11.6 Å². The van der Waals surface area contributed by atoms with Crippen molar-refractivity contribution in [2.45, 2.75) is 57.5 Å². The van der Waals surface area contributed by atoms with Crippen LogP contribution >= 0.6 is 11.6 Å². The summed E-state index contributed by atoms with van der Waals surface area (Å²) in [6, 6.07) is 1.73. The number of halogens is 1. The SMILES string of the molecule is CC1Cc2c(-c3cc(NC(=O)C4(NC(=O)O)CCCCC4)ncc3Cl)cnn2C1. The Morgan fingerprint density at radius 2 is 2.00 bits per heavy atom. The van der Waals surface area contributed by atoms with Crippen molar-refractivity contribution in [1.29, 1.82) is 0 Å². The molecule has 154 valence electrons. The third kappa shape index (κ3) is 3.81. The average molecular weight is 418 g/mol. The molecule has 4 rings (SSSR count). The molecular weight excluding hydrogens is 394 g/mol. The molecule has 2 aromatic rings. The molecule has 0 aromatic carbocycles. The van der Waals surface area contributed by atoms with Crippen LogP contribution in [0, 0.1) is 5.92 Å². The zero-order chi connectivity index (χ0) is 20.6. The summed E-state index contributed by atoms with van der Waals surface area (Å²) in [5, 5.41) is 19.4. The van der Waals surface area contributed by atoms with E-state index in [1.54, 1.807) is 12.3 Å². The fourth-order valence-corrected chi connectivity index (χ4v) is 4.62. The first-order valence-electron chi connectivity index (χ1n) is 9.91. The van der Waals surface area contributed by atoms with Gasteiger partial charge in [-0.1, -0.05) is 37.8 Å². The van der Waals surface area contributed by atoms with Crippen LogP contribution < -0.4 is 10.6 Å². The molecule has 1 saturated carbocycles.